The summed E-state index contributed by atoms with van der Waals surface area (Å²) in [5.41, 5.74) is 0. The molecule has 0 unspecified atom stereocenters. The van der Waals surface area contributed by atoms with E-state index in [1.807, 2.05) is 6.92 Å². The maximum Gasteiger partial charge on any atom is 0.323 e. The molecule has 116 valence electrons. The Morgan fingerprint density at radius 1 is 1.48 bits per heavy atom. The van der Waals surface area contributed by atoms with Gasteiger partial charge < -0.3 is 14.6 Å². The van der Waals surface area contributed by atoms with Gasteiger partial charge in [-0.15, -0.1) is 0 Å². The molecule has 1 N–H and O–H groups in total. The second-order valence-corrected chi connectivity index (χ2v) is 6.01. The summed E-state index contributed by atoms with van der Waals surface area (Å²) in [7, 11) is 0. The summed E-state index contributed by atoms with van der Waals surface area (Å²) in [6, 6.07) is 0.159. The van der Waals surface area contributed by atoms with Crippen LogP contribution in [0.4, 0.5) is 0 Å². The van der Waals surface area contributed by atoms with Gasteiger partial charge in [-0.3, -0.25) is 9.69 Å². The Balaban J connectivity index is 1.52. The van der Waals surface area contributed by atoms with Crippen molar-refractivity contribution in [3.05, 3.63) is 11.7 Å². The highest BCUT2D eigenvalue weighted by molar-refractivity contribution is 5.77. The molecule has 0 aromatic carbocycles. The summed E-state index contributed by atoms with van der Waals surface area (Å²) in [6.07, 6.45) is 2.97. The fourth-order valence-electron chi connectivity index (χ4n) is 3.12. The molecule has 1 aromatic heterocycles. The van der Waals surface area contributed by atoms with Gasteiger partial charge in [0.1, 0.15) is 12.1 Å². The molecule has 2 saturated heterocycles. The Bertz CT molecular complexity index is 504. The summed E-state index contributed by atoms with van der Waals surface area (Å²) in [5.74, 6) is 1.20. The average Bonchev–Trinajstić information content (AvgIpc) is 2.96. The normalized spacial score (nSPS) is 30.6. The summed E-state index contributed by atoms with van der Waals surface area (Å²) in [6.45, 7) is 6.35. The molecule has 21 heavy (non-hydrogen) atoms. The van der Waals surface area contributed by atoms with Crippen LogP contribution in [0.1, 0.15) is 37.9 Å². The van der Waals surface area contributed by atoms with Gasteiger partial charge in [0, 0.05) is 25.9 Å². The van der Waals surface area contributed by atoms with Crippen LogP contribution >= 0.6 is 0 Å². The zero-order valence-electron chi connectivity index (χ0n) is 12.5. The third kappa shape index (κ3) is 3.59. The summed E-state index contributed by atoms with van der Waals surface area (Å²) < 4.78 is 10.2. The molecular formula is C14H22N4O3. The van der Waals surface area contributed by atoms with E-state index in [9.17, 15) is 4.79 Å². The number of aromatic nitrogens is 2. The molecule has 2 fully saturated rings. The number of nitrogens with zero attached hydrogens (tertiary/aromatic N) is 3. The summed E-state index contributed by atoms with van der Waals surface area (Å²) >= 11 is 0. The van der Waals surface area contributed by atoms with Crippen LogP contribution in [0.5, 0.6) is 0 Å². The molecule has 1 aromatic rings. The van der Waals surface area contributed by atoms with Gasteiger partial charge in [0.2, 0.25) is 5.89 Å². The largest absolute Gasteiger partial charge is 0.461 e. The van der Waals surface area contributed by atoms with E-state index in [0.29, 0.717) is 18.5 Å². The molecule has 7 nitrogen and oxygen atoms in total. The number of likely N-dealkylation sites (tertiary alicyclic amines) is 1. The maximum atomic E-state index is 11.7. The standard InChI is InChI=1S/C14H22N4O3/c1-9-6-12(14(19)20-9)16-11-4-3-5-18(7-11)8-13-15-10(2)21-17-13/h9,11-12,16H,3-8H2,1-2H3/t9-,11-,12-/m0/s1. The van der Waals surface area contributed by atoms with Gasteiger partial charge in [-0.25, -0.2) is 0 Å². The van der Waals surface area contributed by atoms with Crippen molar-refractivity contribution in [1.29, 1.82) is 0 Å². The van der Waals surface area contributed by atoms with E-state index in [-0.39, 0.29) is 18.1 Å². The van der Waals surface area contributed by atoms with E-state index >= 15 is 0 Å². The lowest BCUT2D eigenvalue weighted by molar-refractivity contribution is -0.142. The van der Waals surface area contributed by atoms with Crippen molar-refractivity contribution in [3.63, 3.8) is 0 Å². The number of nitrogens with one attached hydrogen (secondary N) is 1. The lowest BCUT2D eigenvalue weighted by atomic mass is 10.0. The van der Waals surface area contributed by atoms with Crippen molar-refractivity contribution in [3.8, 4) is 0 Å². The Hall–Kier alpha value is -1.47. The second-order valence-electron chi connectivity index (χ2n) is 6.01. The molecule has 0 amide bonds. The molecule has 2 aliphatic rings. The van der Waals surface area contributed by atoms with Gasteiger partial charge in [0.25, 0.3) is 0 Å². The first-order valence-electron chi connectivity index (χ1n) is 7.58. The molecule has 3 rings (SSSR count). The van der Waals surface area contributed by atoms with E-state index in [4.69, 9.17) is 9.26 Å². The Labute approximate surface area is 124 Å². The number of rotatable bonds is 4. The first-order chi connectivity index (χ1) is 10.1. The molecule has 3 atom stereocenters. The molecule has 0 saturated carbocycles. The van der Waals surface area contributed by atoms with Crippen LogP contribution in [0.25, 0.3) is 0 Å². The highest BCUT2D eigenvalue weighted by Crippen LogP contribution is 2.18. The van der Waals surface area contributed by atoms with Gasteiger partial charge in [0.15, 0.2) is 5.82 Å². The molecule has 7 heteroatoms. The SMILES string of the molecule is Cc1nc(CN2CCC[C@H](N[C@H]3C[C@H](C)OC3=O)C2)no1. The maximum absolute atomic E-state index is 11.7. The zero-order valence-corrected chi connectivity index (χ0v) is 12.5. The fraction of sp³-hybridized carbons (Fsp3) is 0.786. The number of esters is 1. The number of carbonyl (C=O) groups excluding carboxylic acids is 1. The first kappa shape index (κ1) is 14.5. The molecular weight excluding hydrogens is 272 g/mol. The Kier molecular flexibility index (Phi) is 4.21. The molecule has 3 heterocycles. The van der Waals surface area contributed by atoms with E-state index in [0.717, 1.165) is 38.2 Å². The number of aryl methyl sites for hydroxylation is 1. The number of ether oxygens (including phenoxy) is 1. The summed E-state index contributed by atoms with van der Waals surface area (Å²) in [4.78, 5) is 18.2. The number of hydrogen-bond donors (Lipinski definition) is 1. The summed E-state index contributed by atoms with van der Waals surface area (Å²) in [5, 5.41) is 7.38. The van der Waals surface area contributed by atoms with E-state index in [1.165, 1.54) is 0 Å². The number of carbonyl (C=O) groups is 1. The third-order valence-corrected chi connectivity index (χ3v) is 4.05. The van der Waals surface area contributed by atoms with Crippen molar-refractivity contribution in [1.82, 2.24) is 20.4 Å². The van der Waals surface area contributed by atoms with Crippen molar-refractivity contribution >= 4 is 5.97 Å². The Morgan fingerprint density at radius 3 is 3.00 bits per heavy atom. The van der Waals surface area contributed by atoms with Crippen LogP contribution in [0.3, 0.4) is 0 Å². The van der Waals surface area contributed by atoms with Gasteiger partial charge >= 0.3 is 5.97 Å². The molecule has 0 bridgehead atoms. The van der Waals surface area contributed by atoms with Crippen molar-refractivity contribution in [2.45, 2.75) is 57.8 Å². The lowest BCUT2D eigenvalue weighted by Crippen LogP contribution is -2.50. The average molecular weight is 294 g/mol. The van der Waals surface area contributed by atoms with E-state index in [1.54, 1.807) is 6.92 Å². The lowest BCUT2D eigenvalue weighted by Gasteiger charge is -2.33. The minimum absolute atomic E-state index is 0.0250. The van der Waals surface area contributed by atoms with Crippen molar-refractivity contribution < 1.29 is 14.1 Å². The highest BCUT2D eigenvalue weighted by Gasteiger charge is 2.34. The predicted molar refractivity (Wildman–Crippen MR) is 74.4 cm³/mol. The topological polar surface area (TPSA) is 80.5 Å². The minimum atomic E-state index is -0.155. The monoisotopic (exact) mass is 294 g/mol. The van der Waals surface area contributed by atoms with Crippen LogP contribution < -0.4 is 5.32 Å². The third-order valence-electron chi connectivity index (χ3n) is 4.05. The quantitative estimate of drug-likeness (QED) is 0.816. The van der Waals surface area contributed by atoms with Crippen LogP contribution in [0.15, 0.2) is 4.52 Å². The zero-order chi connectivity index (χ0) is 14.8. The number of cyclic esters (lactones) is 1. The highest BCUT2D eigenvalue weighted by atomic mass is 16.6. The van der Waals surface area contributed by atoms with Crippen LogP contribution in [0, 0.1) is 6.92 Å². The molecule has 0 aliphatic carbocycles. The van der Waals surface area contributed by atoms with Gasteiger partial charge in [-0.05, 0) is 26.3 Å². The minimum Gasteiger partial charge on any atom is -0.461 e. The smallest absolute Gasteiger partial charge is 0.323 e. The predicted octanol–water partition coefficient (Wildman–Crippen LogP) is 0.636. The van der Waals surface area contributed by atoms with E-state index < -0.39 is 0 Å². The van der Waals surface area contributed by atoms with Crippen molar-refractivity contribution in [2.75, 3.05) is 13.1 Å². The van der Waals surface area contributed by atoms with Crippen molar-refractivity contribution in [2.24, 2.45) is 0 Å². The van der Waals surface area contributed by atoms with Gasteiger partial charge in [-0.2, -0.15) is 4.98 Å². The number of piperidine rings is 1. The molecule has 0 spiro atoms. The first-order valence-corrected chi connectivity index (χ1v) is 7.58. The molecule has 0 radical (unpaired) electrons. The Morgan fingerprint density at radius 2 is 2.33 bits per heavy atom. The van der Waals surface area contributed by atoms with E-state index in [2.05, 4.69) is 20.4 Å². The molecule has 2 aliphatic heterocycles. The van der Waals surface area contributed by atoms with Crippen LogP contribution in [-0.4, -0.2) is 52.3 Å². The van der Waals surface area contributed by atoms with Gasteiger partial charge in [0.05, 0.1) is 6.54 Å². The van der Waals surface area contributed by atoms with Gasteiger partial charge in [-0.1, -0.05) is 5.16 Å². The van der Waals surface area contributed by atoms with Crippen LogP contribution in [0.2, 0.25) is 0 Å². The second kappa shape index (κ2) is 6.11. The van der Waals surface area contributed by atoms with Crippen LogP contribution in [-0.2, 0) is 16.1 Å². The number of hydrogen-bond acceptors (Lipinski definition) is 7. The fourth-order valence-corrected chi connectivity index (χ4v) is 3.12.